The van der Waals surface area contributed by atoms with Crippen LogP contribution in [0, 0.1) is 5.82 Å². The summed E-state index contributed by atoms with van der Waals surface area (Å²) in [7, 11) is 1.24. The van der Waals surface area contributed by atoms with E-state index in [4.69, 9.17) is 5.11 Å². The second kappa shape index (κ2) is 6.36. The van der Waals surface area contributed by atoms with Gasteiger partial charge in [0.05, 0.1) is 23.9 Å². The largest absolute Gasteiger partial charge is 0.478 e. The summed E-state index contributed by atoms with van der Waals surface area (Å²) >= 11 is 1.27. The molecule has 2 aromatic rings. The average molecular weight is 309 g/mol. The Bertz CT molecular complexity index is 683. The highest BCUT2D eigenvalue weighted by atomic mass is 32.1. The number of methoxy groups -OCH3 is 1. The molecule has 2 N–H and O–H groups in total. The predicted octanol–water partition coefficient (Wildman–Crippen LogP) is 2.98. The van der Waals surface area contributed by atoms with E-state index in [1.165, 1.54) is 48.1 Å². The van der Waals surface area contributed by atoms with Crippen LogP contribution in [-0.2, 0) is 11.3 Å². The molecular weight excluding hydrogens is 297 g/mol. The van der Waals surface area contributed by atoms with E-state index in [-0.39, 0.29) is 17.7 Å². The van der Waals surface area contributed by atoms with Gasteiger partial charge in [-0.15, -0.1) is 11.3 Å². The molecule has 5 nitrogen and oxygen atoms in total. The summed E-state index contributed by atoms with van der Waals surface area (Å²) in [6.45, 7) is 0.283. The molecule has 0 radical (unpaired) electrons. The van der Waals surface area contributed by atoms with Gasteiger partial charge in [0.25, 0.3) is 0 Å². The van der Waals surface area contributed by atoms with Crippen LogP contribution in [0.4, 0.5) is 10.1 Å². The van der Waals surface area contributed by atoms with Crippen molar-refractivity contribution in [2.45, 2.75) is 6.54 Å². The molecule has 0 bridgehead atoms. The summed E-state index contributed by atoms with van der Waals surface area (Å²) in [4.78, 5) is 23.1. The lowest BCUT2D eigenvalue weighted by atomic mass is 10.1. The van der Waals surface area contributed by atoms with Gasteiger partial charge in [-0.2, -0.15) is 0 Å². The molecule has 0 fully saturated rings. The number of carbonyl (C=O) groups is 2. The van der Waals surface area contributed by atoms with Crippen LogP contribution in [0.25, 0.3) is 0 Å². The van der Waals surface area contributed by atoms with E-state index >= 15 is 0 Å². The number of halogens is 1. The first-order valence-electron chi connectivity index (χ1n) is 5.93. The van der Waals surface area contributed by atoms with Crippen molar-refractivity contribution < 1.29 is 23.8 Å². The summed E-state index contributed by atoms with van der Waals surface area (Å²) in [6.07, 6.45) is 0. The average Bonchev–Trinajstić information content (AvgIpc) is 2.93. The molecule has 1 aromatic carbocycles. The maximum Gasteiger partial charge on any atom is 0.339 e. The van der Waals surface area contributed by atoms with Crippen LogP contribution >= 0.6 is 11.3 Å². The molecule has 0 aliphatic carbocycles. The number of benzene rings is 1. The van der Waals surface area contributed by atoms with Crippen molar-refractivity contribution in [2.24, 2.45) is 0 Å². The summed E-state index contributed by atoms with van der Waals surface area (Å²) in [5.41, 5.74) is 0.713. The Morgan fingerprint density at radius 3 is 2.76 bits per heavy atom. The van der Waals surface area contributed by atoms with E-state index in [9.17, 15) is 14.0 Å². The van der Waals surface area contributed by atoms with Crippen LogP contribution < -0.4 is 5.32 Å². The summed E-state index contributed by atoms with van der Waals surface area (Å²) < 4.78 is 17.9. The molecule has 0 atom stereocenters. The molecule has 1 aromatic heterocycles. The monoisotopic (exact) mass is 309 g/mol. The van der Waals surface area contributed by atoms with Crippen LogP contribution in [0.1, 0.15) is 25.6 Å². The lowest BCUT2D eigenvalue weighted by Crippen LogP contribution is -2.08. The molecule has 0 unspecified atom stereocenters. The topological polar surface area (TPSA) is 75.6 Å². The zero-order valence-corrected chi connectivity index (χ0v) is 11.9. The van der Waals surface area contributed by atoms with Crippen LogP contribution in [-0.4, -0.2) is 24.2 Å². The first-order valence-corrected chi connectivity index (χ1v) is 6.81. The van der Waals surface area contributed by atoms with Crippen molar-refractivity contribution >= 4 is 29.0 Å². The molecule has 0 spiro atoms. The van der Waals surface area contributed by atoms with E-state index in [0.717, 1.165) is 4.88 Å². The number of carboxylic acid groups (broad SMARTS) is 1. The van der Waals surface area contributed by atoms with Crippen molar-refractivity contribution in [1.29, 1.82) is 0 Å². The van der Waals surface area contributed by atoms with Gasteiger partial charge in [0.1, 0.15) is 5.82 Å². The Kier molecular flexibility index (Phi) is 4.54. The van der Waals surface area contributed by atoms with Gasteiger partial charge in [-0.25, -0.2) is 14.0 Å². The van der Waals surface area contributed by atoms with Crippen LogP contribution in [0.2, 0.25) is 0 Å². The highest BCUT2D eigenvalue weighted by molar-refractivity contribution is 7.10. The molecular formula is C14H12FNO4S. The Morgan fingerprint density at radius 1 is 1.38 bits per heavy atom. The first-order chi connectivity index (χ1) is 10.0. The minimum absolute atomic E-state index is 0.198. The number of carboxylic acids is 1. The van der Waals surface area contributed by atoms with E-state index < -0.39 is 17.8 Å². The fraction of sp³-hybridized carbons (Fsp3) is 0.143. The number of anilines is 1. The Morgan fingerprint density at radius 2 is 2.14 bits per heavy atom. The third-order valence-corrected chi connectivity index (χ3v) is 3.68. The SMILES string of the molecule is COC(=O)c1ccc(F)cc1NCc1cc(C(=O)O)cs1. The van der Waals surface area contributed by atoms with Crippen LogP contribution in [0.15, 0.2) is 29.6 Å². The Labute approximate surface area is 124 Å². The van der Waals surface area contributed by atoms with Gasteiger partial charge in [0.15, 0.2) is 0 Å². The van der Waals surface area contributed by atoms with E-state index in [0.29, 0.717) is 5.69 Å². The molecule has 1 heterocycles. The van der Waals surface area contributed by atoms with E-state index in [1.54, 1.807) is 0 Å². The van der Waals surface area contributed by atoms with E-state index in [1.807, 2.05) is 0 Å². The smallest absolute Gasteiger partial charge is 0.339 e. The number of thiophene rings is 1. The molecule has 110 valence electrons. The number of hydrogen-bond donors (Lipinski definition) is 2. The minimum atomic E-state index is -1.00. The maximum atomic E-state index is 13.3. The van der Waals surface area contributed by atoms with Crippen LogP contribution in [0.5, 0.6) is 0 Å². The molecule has 2 rings (SSSR count). The number of nitrogens with one attached hydrogen (secondary N) is 1. The van der Waals surface area contributed by atoms with Gasteiger partial charge in [-0.3, -0.25) is 0 Å². The quantitative estimate of drug-likeness (QED) is 0.830. The highest BCUT2D eigenvalue weighted by Gasteiger charge is 2.13. The van der Waals surface area contributed by atoms with Crippen molar-refractivity contribution in [2.75, 3.05) is 12.4 Å². The Hall–Kier alpha value is -2.41. The van der Waals surface area contributed by atoms with Gasteiger partial charge in [-0.05, 0) is 24.3 Å². The van der Waals surface area contributed by atoms with Crippen LogP contribution in [0.3, 0.4) is 0 Å². The zero-order chi connectivity index (χ0) is 15.4. The van der Waals surface area contributed by atoms with Gasteiger partial charge in [-0.1, -0.05) is 0 Å². The van der Waals surface area contributed by atoms with Crippen molar-refractivity contribution in [3.63, 3.8) is 0 Å². The van der Waals surface area contributed by atoms with Gasteiger partial charge < -0.3 is 15.2 Å². The molecule has 21 heavy (non-hydrogen) atoms. The second-order valence-electron chi connectivity index (χ2n) is 4.14. The number of ether oxygens (including phenoxy) is 1. The third-order valence-electron chi connectivity index (χ3n) is 2.74. The maximum absolute atomic E-state index is 13.3. The Balaban J connectivity index is 2.16. The molecule has 0 aliphatic rings. The summed E-state index contributed by atoms with van der Waals surface area (Å²) in [5.74, 6) is -2.06. The fourth-order valence-electron chi connectivity index (χ4n) is 1.72. The third kappa shape index (κ3) is 3.57. The lowest BCUT2D eigenvalue weighted by Gasteiger charge is -2.10. The van der Waals surface area contributed by atoms with Crippen molar-refractivity contribution in [1.82, 2.24) is 0 Å². The van der Waals surface area contributed by atoms with Crippen molar-refractivity contribution in [3.05, 3.63) is 51.5 Å². The summed E-state index contributed by atoms with van der Waals surface area (Å²) in [5, 5.41) is 13.3. The van der Waals surface area contributed by atoms with Gasteiger partial charge in [0, 0.05) is 16.8 Å². The summed E-state index contributed by atoms with van der Waals surface area (Å²) in [6, 6.07) is 5.22. The molecule has 0 saturated carbocycles. The normalized spacial score (nSPS) is 10.2. The lowest BCUT2D eigenvalue weighted by molar-refractivity contribution is 0.0601. The van der Waals surface area contributed by atoms with E-state index in [2.05, 4.69) is 10.1 Å². The standard InChI is InChI=1S/C14H12FNO4S/c1-20-14(19)11-3-2-9(15)5-12(11)16-6-10-4-8(7-21-10)13(17)18/h2-5,7,16H,6H2,1H3,(H,17,18). The molecule has 0 aliphatic heterocycles. The number of carbonyl (C=O) groups excluding carboxylic acids is 1. The molecule has 0 saturated heterocycles. The second-order valence-corrected chi connectivity index (χ2v) is 5.14. The number of esters is 1. The zero-order valence-electron chi connectivity index (χ0n) is 11.1. The molecule has 0 amide bonds. The highest BCUT2D eigenvalue weighted by Crippen LogP contribution is 2.21. The van der Waals surface area contributed by atoms with Crippen molar-refractivity contribution in [3.8, 4) is 0 Å². The first kappa shape index (κ1) is 15.0. The van der Waals surface area contributed by atoms with Gasteiger partial charge in [0.2, 0.25) is 0 Å². The number of rotatable bonds is 5. The predicted molar refractivity (Wildman–Crippen MR) is 76.3 cm³/mol. The van der Waals surface area contributed by atoms with Gasteiger partial charge >= 0.3 is 11.9 Å². The minimum Gasteiger partial charge on any atom is -0.478 e. The number of hydrogen-bond acceptors (Lipinski definition) is 5. The fourth-order valence-corrected chi connectivity index (χ4v) is 2.52. The molecule has 7 heteroatoms. The number of aromatic carboxylic acids is 1.